The zero-order valence-corrected chi connectivity index (χ0v) is 18.9. The van der Waals surface area contributed by atoms with E-state index in [9.17, 15) is 13.2 Å². The van der Waals surface area contributed by atoms with E-state index in [1.54, 1.807) is 6.20 Å². The highest BCUT2D eigenvalue weighted by Crippen LogP contribution is 2.24. The van der Waals surface area contributed by atoms with Crippen LogP contribution in [0.3, 0.4) is 0 Å². The minimum absolute atomic E-state index is 0. The number of halogens is 4. The van der Waals surface area contributed by atoms with Gasteiger partial charge in [0.25, 0.3) is 0 Å². The number of aliphatic imine (C=N–C) groups is 1. The fourth-order valence-corrected chi connectivity index (χ4v) is 3.17. The van der Waals surface area contributed by atoms with Crippen LogP contribution in [0.1, 0.15) is 12.5 Å². The summed E-state index contributed by atoms with van der Waals surface area (Å²) in [6, 6.07) is 9.67. The molecule has 1 aromatic carbocycles. The third-order valence-corrected chi connectivity index (χ3v) is 4.57. The van der Waals surface area contributed by atoms with Gasteiger partial charge in [-0.25, -0.2) is 14.4 Å². The van der Waals surface area contributed by atoms with E-state index in [1.165, 1.54) is 18.2 Å². The SMILES string of the molecule is CCNC(=NCc1c(F)cccc1OC(F)F)N1CCN(c2ccccn2)CC1.I. The molecule has 164 valence electrons. The van der Waals surface area contributed by atoms with Gasteiger partial charge >= 0.3 is 6.61 Å². The maximum absolute atomic E-state index is 14.2. The second-order valence-corrected chi connectivity index (χ2v) is 6.43. The van der Waals surface area contributed by atoms with Crippen molar-refractivity contribution in [2.75, 3.05) is 37.6 Å². The lowest BCUT2D eigenvalue weighted by Gasteiger charge is -2.37. The molecule has 1 aliphatic heterocycles. The fraction of sp³-hybridized carbons (Fsp3) is 0.400. The lowest BCUT2D eigenvalue weighted by Crippen LogP contribution is -2.52. The van der Waals surface area contributed by atoms with Crippen LogP contribution in [-0.4, -0.2) is 55.2 Å². The van der Waals surface area contributed by atoms with E-state index >= 15 is 0 Å². The van der Waals surface area contributed by atoms with E-state index in [2.05, 4.69) is 29.8 Å². The first-order valence-corrected chi connectivity index (χ1v) is 9.50. The number of anilines is 1. The molecule has 1 aliphatic rings. The first kappa shape index (κ1) is 24.0. The molecule has 6 nitrogen and oxygen atoms in total. The molecule has 0 radical (unpaired) electrons. The summed E-state index contributed by atoms with van der Waals surface area (Å²) in [7, 11) is 0. The van der Waals surface area contributed by atoms with Crippen molar-refractivity contribution in [3.8, 4) is 5.75 Å². The molecule has 10 heteroatoms. The topological polar surface area (TPSA) is 53.0 Å². The van der Waals surface area contributed by atoms with E-state index in [1.807, 2.05) is 25.1 Å². The largest absolute Gasteiger partial charge is 0.434 e. The summed E-state index contributed by atoms with van der Waals surface area (Å²) >= 11 is 0. The van der Waals surface area contributed by atoms with Crippen molar-refractivity contribution in [3.05, 3.63) is 54.0 Å². The molecule has 1 N–H and O–H groups in total. The molecule has 0 aliphatic carbocycles. The second-order valence-electron chi connectivity index (χ2n) is 6.43. The number of rotatable bonds is 6. The first-order chi connectivity index (χ1) is 14.1. The third-order valence-electron chi connectivity index (χ3n) is 4.57. The maximum atomic E-state index is 14.2. The molecule has 30 heavy (non-hydrogen) atoms. The van der Waals surface area contributed by atoms with Crippen molar-refractivity contribution < 1.29 is 17.9 Å². The number of nitrogens with one attached hydrogen (secondary N) is 1. The van der Waals surface area contributed by atoms with Crippen molar-refractivity contribution in [2.24, 2.45) is 4.99 Å². The molecule has 0 spiro atoms. The molecule has 0 saturated carbocycles. The zero-order chi connectivity index (χ0) is 20.6. The molecule has 1 saturated heterocycles. The Hall–Kier alpha value is -2.24. The van der Waals surface area contributed by atoms with Gasteiger partial charge in [-0.15, -0.1) is 24.0 Å². The summed E-state index contributed by atoms with van der Waals surface area (Å²) in [6.45, 7) is 2.40. The maximum Gasteiger partial charge on any atom is 0.387 e. The number of nitrogens with zero attached hydrogens (tertiary/aromatic N) is 4. The highest BCUT2D eigenvalue weighted by atomic mass is 127. The standard InChI is InChI=1S/C20H24F3N5O.HI/c1-2-24-20(26-14-15-16(21)6-5-7-17(15)29-19(22)23)28-12-10-27(11-13-28)18-8-3-4-9-25-18;/h3-9,19H,2,10-14H2,1H3,(H,24,26);1H. The van der Waals surface area contributed by atoms with Gasteiger partial charge in [-0.3, -0.25) is 0 Å². The van der Waals surface area contributed by atoms with Crippen LogP contribution in [0.5, 0.6) is 5.75 Å². The number of pyridine rings is 1. The van der Waals surface area contributed by atoms with Crippen molar-refractivity contribution in [1.29, 1.82) is 0 Å². The van der Waals surface area contributed by atoms with Gasteiger partial charge in [0, 0.05) is 38.9 Å². The summed E-state index contributed by atoms with van der Waals surface area (Å²) in [5.41, 5.74) is 0.00956. The molecular weight excluding hydrogens is 510 g/mol. The van der Waals surface area contributed by atoms with Crippen LogP contribution < -0.4 is 15.0 Å². The van der Waals surface area contributed by atoms with E-state index in [-0.39, 0.29) is 41.8 Å². The Morgan fingerprint density at radius 2 is 1.93 bits per heavy atom. The number of ether oxygens (including phenoxy) is 1. The van der Waals surface area contributed by atoms with Crippen LogP contribution in [0.4, 0.5) is 19.0 Å². The number of hydrogen-bond acceptors (Lipinski definition) is 4. The van der Waals surface area contributed by atoms with Crippen molar-refractivity contribution in [3.63, 3.8) is 0 Å². The molecule has 2 heterocycles. The molecule has 1 aromatic heterocycles. The summed E-state index contributed by atoms with van der Waals surface area (Å²) in [4.78, 5) is 13.1. The van der Waals surface area contributed by atoms with Crippen molar-refractivity contribution in [1.82, 2.24) is 15.2 Å². The van der Waals surface area contributed by atoms with E-state index in [0.717, 1.165) is 18.9 Å². The Morgan fingerprint density at radius 3 is 2.57 bits per heavy atom. The summed E-state index contributed by atoms with van der Waals surface area (Å²) < 4.78 is 43.8. The van der Waals surface area contributed by atoms with Crippen molar-refractivity contribution in [2.45, 2.75) is 20.1 Å². The normalized spacial score (nSPS) is 14.5. The Labute approximate surface area is 191 Å². The minimum Gasteiger partial charge on any atom is -0.434 e. The Bertz CT molecular complexity index is 817. The molecule has 3 rings (SSSR count). The summed E-state index contributed by atoms with van der Waals surface area (Å²) in [5, 5.41) is 3.19. The minimum atomic E-state index is -3.02. The fourth-order valence-electron chi connectivity index (χ4n) is 3.17. The van der Waals surface area contributed by atoms with Crippen LogP contribution in [0, 0.1) is 5.82 Å². The van der Waals surface area contributed by atoms with Crippen molar-refractivity contribution >= 4 is 35.8 Å². The first-order valence-electron chi connectivity index (χ1n) is 9.50. The predicted molar refractivity (Wildman–Crippen MR) is 121 cm³/mol. The van der Waals surface area contributed by atoms with E-state index < -0.39 is 12.4 Å². The predicted octanol–water partition coefficient (Wildman–Crippen LogP) is 3.73. The lowest BCUT2D eigenvalue weighted by atomic mass is 10.2. The number of benzene rings is 1. The molecule has 0 bridgehead atoms. The number of alkyl halides is 2. The quantitative estimate of drug-likeness (QED) is 0.347. The van der Waals surface area contributed by atoms with Gasteiger partial charge in [0.15, 0.2) is 5.96 Å². The van der Waals surface area contributed by atoms with Crippen LogP contribution in [0.2, 0.25) is 0 Å². The van der Waals surface area contributed by atoms with Gasteiger partial charge in [0.2, 0.25) is 0 Å². The zero-order valence-electron chi connectivity index (χ0n) is 16.6. The lowest BCUT2D eigenvalue weighted by molar-refractivity contribution is -0.0506. The van der Waals surface area contributed by atoms with Gasteiger partial charge in [0.1, 0.15) is 17.4 Å². The summed E-state index contributed by atoms with van der Waals surface area (Å²) in [5.74, 6) is 0.718. The van der Waals surface area contributed by atoms with Crippen LogP contribution in [0.25, 0.3) is 0 Å². The highest BCUT2D eigenvalue weighted by Gasteiger charge is 2.21. The Morgan fingerprint density at radius 1 is 1.17 bits per heavy atom. The highest BCUT2D eigenvalue weighted by molar-refractivity contribution is 14.0. The van der Waals surface area contributed by atoms with Gasteiger partial charge in [-0.1, -0.05) is 12.1 Å². The number of piperazine rings is 1. The third kappa shape index (κ3) is 6.38. The van der Waals surface area contributed by atoms with Gasteiger partial charge in [-0.2, -0.15) is 8.78 Å². The Balaban J connectivity index is 0.00000320. The molecule has 1 fully saturated rings. The van der Waals surface area contributed by atoms with Crippen LogP contribution in [0.15, 0.2) is 47.6 Å². The second kappa shape index (κ2) is 11.8. The summed E-state index contributed by atoms with van der Waals surface area (Å²) in [6.07, 6.45) is 1.76. The molecule has 2 aromatic rings. The Kier molecular flexibility index (Phi) is 9.47. The molecule has 0 unspecified atom stereocenters. The van der Waals surface area contributed by atoms with Crippen LogP contribution in [-0.2, 0) is 6.54 Å². The molecule has 0 amide bonds. The van der Waals surface area contributed by atoms with Gasteiger partial charge in [-0.05, 0) is 31.2 Å². The van der Waals surface area contributed by atoms with Crippen LogP contribution >= 0.6 is 24.0 Å². The average Bonchev–Trinajstić information content (AvgIpc) is 2.73. The van der Waals surface area contributed by atoms with E-state index in [4.69, 9.17) is 0 Å². The molecular formula is C20H25F3IN5O. The van der Waals surface area contributed by atoms with Gasteiger partial charge < -0.3 is 19.9 Å². The number of guanidine groups is 1. The monoisotopic (exact) mass is 535 g/mol. The average molecular weight is 535 g/mol. The van der Waals surface area contributed by atoms with Gasteiger partial charge in [0.05, 0.1) is 12.1 Å². The van der Waals surface area contributed by atoms with E-state index in [0.29, 0.717) is 25.6 Å². The number of hydrogen-bond donors (Lipinski definition) is 1. The smallest absolute Gasteiger partial charge is 0.387 e. The molecule has 0 atom stereocenters. The number of aromatic nitrogens is 1.